The summed E-state index contributed by atoms with van der Waals surface area (Å²) >= 11 is 3.50. The van der Waals surface area contributed by atoms with Crippen LogP contribution in [0.4, 0.5) is 0 Å². The molecule has 0 amide bonds. The molecule has 0 aliphatic carbocycles. The Kier molecular flexibility index (Phi) is 3.79. The largest absolute Gasteiger partial charge is 0.0922 e. The van der Waals surface area contributed by atoms with Gasteiger partial charge in [-0.3, -0.25) is 0 Å². The average molecular weight is 193 g/mol. The second kappa shape index (κ2) is 3.60. The predicted octanol–water partition coefficient (Wildman–Crippen LogP) is 3.45. The van der Waals surface area contributed by atoms with E-state index in [9.17, 15) is 0 Å². The summed E-state index contributed by atoms with van der Waals surface area (Å²) < 4.78 is 0. The Balaban J connectivity index is 3.58. The molecule has 0 rings (SSSR count). The van der Waals surface area contributed by atoms with Crippen LogP contribution < -0.4 is 0 Å². The van der Waals surface area contributed by atoms with Crippen molar-refractivity contribution in [1.29, 1.82) is 0 Å². The smallest absolute Gasteiger partial charge is 0.00827 e. The Morgan fingerprint density at radius 3 is 1.89 bits per heavy atom. The molecular weight excluding hydrogens is 176 g/mol. The van der Waals surface area contributed by atoms with Gasteiger partial charge in [-0.25, -0.2) is 0 Å². The minimum atomic E-state index is 0.480. The lowest BCUT2D eigenvalue weighted by Crippen LogP contribution is -2.15. The van der Waals surface area contributed by atoms with Gasteiger partial charge < -0.3 is 0 Å². The van der Waals surface area contributed by atoms with Crippen LogP contribution in [0.5, 0.6) is 0 Å². The van der Waals surface area contributed by atoms with E-state index in [1.165, 1.54) is 6.42 Å². The Labute approximate surface area is 67.2 Å². The zero-order chi connectivity index (χ0) is 7.49. The molecule has 9 heavy (non-hydrogen) atoms. The summed E-state index contributed by atoms with van der Waals surface area (Å²) in [6.07, 6.45) is 1.30. The molecule has 0 atom stereocenters. The van der Waals surface area contributed by atoms with Crippen LogP contribution in [-0.2, 0) is 0 Å². The Bertz CT molecular complexity index is 74.6. The summed E-state index contributed by atoms with van der Waals surface area (Å²) in [4.78, 5) is 0. The van der Waals surface area contributed by atoms with Gasteiger partial charge in [0, 0.05) is 5.33 Å². The van der Waals surface area contributed by atoms with Crippen molar-refractivity contribution >= 4 is 15.9 Å². The van der Waals surface area contributed by atoms with Gasteiger partial charge >= 0.3 is 0 Å². The SMILES string of the molecule is CC(C)CC(C)(C)CBr. The highest BCUT2D eigenvalue weighted by Gasteiger charge is 2.16. The van der Waals surface area contributed by atoms with Crippen LogP contribution in [0.1, 0.15) is 34.1 Å². The first-order valence-corrected chi connectivity index (χ1v) is 4.66. The van der Waals surface area contributed by atoms with E-state index < -0.39 is 0 Å². The fraction of sp³-hybridized carbons (Fsp3) is 1.00. The molecule has 0 radical (unpaired) electrons. The summed E-state index contributed by atoms with van der Waals surface area (Å²) in [5.41, 5.74) is 0.480. The first-order valence-electron chi connectivity index (χ1n) is 3.54. The number of rotatable bonds is 3. The van der Waals surface area contributed by atoms with Crippen molar-refractivity contribution in [1.82, 2.24) is 0 Å². The van der Waals surface area contributed by atoms with E-state index >= 15 is 0 Å². The lowest BCUT2D eigenvalue weighted by atomic mass is 9.86. The van der Waals surface area contributed by atoms with Crippen LogP contribution in [0.15, 0.2) is 0 Å². The molecular formula is C8H17Br. The molecule has 1 heteroatoms. The van der Waals surface area contributed by atoms with E-state index in [0.29, 0.717) is 5.41 Å². The second-order valence-electron chi connectivity index (χ2n) is 3.90. The molecule has 0 aromatic heterocycles. The van der Waals surface area contributed by atoms with Gasteiger partial charge in [-0.1, -0.05) is 43.6 Å². The van der Waals surface area contributed by atoms with Crippen molar-refractivity contribution in [3.63, 3.8) is 0 Å². The summed E-state index contributed by atoms with van der Waals surface area (Å²) in [6, 6.07) is 0. The van der Waals surface area contributed by atoms with E-state index in [0.717, 1.165) is 11.2 Å². The molecule has 0 N–H and O–H groups in total. The maximum atomic E-state index is 3.50. The summed E-state index contributed by atoms with van der Waals surface area (Å²) in [5.74, 6) is 0.817. The molecule has 0 spiro atoms. The monoisotopic (exact) mass is 192 g/mol. The van der Waals surface area contributed by atoms with Crippen LogP contribution in [0.2, 0.25) is 0 Å². The predicted molar refractivity (Wildman–Crippen MR) is 47.0 cm³/mol. The van der Waals surface area contributed by atoms with Crippen molar-refractivity contribution in [2.24, 2.45) is 11.3 Å². The van der Waals surface area contributed by atoms with Gasteiger partial charge in [0.25, 0.3) is 0 Å². The quantitative estimate of drug-likeness (QED) is 0.602. The van der Waals surface area contributed by atoms with Crippen molar-refractivity contribution in [2.45, 2.75) is 34.1 Å². The van der Waals surface area contributed by atoms with Gasteiger partial charge in [-0.2, -0.15) is 0 Å². The Hall–Kier alpha value is 0.480. The minimum Gasteiger partial charge on any atom is -0.0922 e. The van der Waals surface area contributed by atoms with Crippen LogP contribution in [0, 0.1) is 11.3 Å². The molecule has 0 unspecified atom stereocenters. The topological polar surface area (TPSA) is 0 Å². The molecule has 0 aromatic carbocycles. The molecule has 0 nitrogen and oxygen atoms in total. The lowest BCUT2D eigenvalue weighted by molar-refractivity contribution is 0.330. The van der Waals surface area contributed by atoms with E-state index in [1.807, 2.05) is 0 Å². The van der Waals surface area contributed by atoms with Gasteiger partial charge in [0.15, 0.2) is 0 Å². The average Bonchev–Trinajstić information content (AvgIpc) is 1.63. The number of hydrogen-bond donors (Lipinski definition) is 0. The maximum Gasteiger partial charge on any atom is 0.00827 e. The van der Waals surface area contributed by atoms with E-state index in [2.05, 4.69) is 43.6 Å². The van der Waals surface area contributed by atoms with Crippen LogP contribution in [0.3, 0.4) is 0 Å². The van der Waals surface area contributed by atoms with Crippen molar-refractivity contribution < 1.29 is 0 Å². The van der Waals surface area contributed by atoms with Gasteiger partial charge in [-0.15, -0.1) is 0 Å². The van der Waals surface area contributed by atoms with Gasteiger partial charge in [0.1, 0.15) is 0 Å². The molecule has 0 bridgehead atoms. The fourth-order valence-corrected chi connectivity index (χ4v) is 1.39. The van der Waals surface area contributed by atoms with E-state index in [-0.39, 0.29) is 0 Å². The maximum absolute atomic E-state index is 3.50. The third-order valence-corrected chi connectivity index (χ3v) is 2.84. The first-order chi connectivity index (χ1) is 3.98. The van der Waals surface area contributed by atoms with E-state index in [4.69, 9.17) is 0 Å². The number of hydrogen-bond acceptors (Lipinski definition) is 0. The number of halogens is 1. The van der Waals surface area contributed by atoms with Crippen molar-refractivity contribution in [2.75, 3.05) is 5.33 Å². The first kappa shape index (κ1) is 9.48. The highest BCUT2D eigenvalue weighted by molar-refractivity contribution is 9.09. The molecule has 0 saturated carbocycles. The standard InChI is InChI=1S/C8H17Br/c1-7(2)5-8(3,4)6-9/h7H,5-6H2,1-4H3. The minimum absolute atomic E-state index is 0.480. The van der Waals surface area contributed by atoms with E-state index in [1.54, 1.807) is 0 Å². The molecule has 0 fully saturated rings. The highest BCUT2D eigenvalue weighted by atomic mass is 79.9. The molecule has 0 saturated heterocycles. The molecule has 0 heterocycles. The van der Waals surface area contributed by atoms with Gasteiger partial charge in [0.05, 0.1) is 0 Å². The molecule has 0 aliphatic rings. The summed E-state index contributed by atoms with van der Waals surface area (Å²) in [6.45, 7) is 9.12. The van der Waals surface area contributed by atoms with Crippen LogP contribution in [0.25, 0.3) is 0 Å². The third kappa shape index (κ3) is 4.95. The van der Waals surface area contributed by atoms with Crippen molar-refractivity contribution in [3.05, 3.63) is 0 Å². The van der Waals surface area contributed by atoms with Crippen LogP contribution >= 0.6 is 15.9 Å². The molecule has 0 aromatic rings. The van der Waals surface area contributed by atoms with Crippen molar-refractivity contribution in [3.8, 4) is 0 Å². The fourth-order valence-electron chi connectivity index (χ4n) is 1.16. The Morgan fingerprint density at radius 2 is 1.78 bits per heavy atom. The summed E-state index contributed by atoms with van der Waals surface area (Å²) in [5, 5.41) is 1.11. The van der Waals surface area contributed by atoms with Gasteiger partial charge in [0.2, 0.25) is 0 Å². The summed E-state index contributed by atoms with van der Waals surface area (Å²) in [7, 11) is 0. The third-order valence-electron chi connectivity index (χ3n) is 1.32. The Morgan fingerprint density at radius 1 is 1.33 bits per heavy atom. The molecule has 0 aliphatic heterocycles. The highest BCUT2D eigenvalue weighted by Crippen LogP contribution is 2.26. The van der Waals surface area contributed by atoms with Gasteiger partial charge in [-0.05, 0) is 17.8 Å². The zero-order valence-electron chi connectivity index (χ0n) is 6.87. The van der Waals surface area contributed by atoms with Crippen LogP contribution in [-0.4, -0.2) is 5.33 Å². The second-order valence-corrected chi connectivity index (χ2v) is 4.46. The normalized spacial score (nSPS) is 12.7. The lowest BCUT2D eigenvalue weighted by Gasteiger charge is -2.23. The zero-order valence-corrected chi connectivity index (χ0v) is 8.46. The molecule has 56 valence electrons. The number of alkyl halides is 1.